The van der Waals surface area contributed by atoms with Crippen LogP contribution in [0.2, 0.25) is 0 Å². The van der Waals surface area contributed by atoms with Gasteiger partial charge >= 0.3 is 0 Å². The Kier molecular flexibility index (Phi) is 5.97. The van der Waals surface area contributed by atoms with E-state index < -0.39 is 0 Å². The Morgan fingerprint density at radius 2 is 2.19 bits per heavy atom. The highest BCUT2D eigenvalue weighted by Crippen LogP contribution is 2.27. The smallest absolute Gasteiger partial charge is 0.0730 e. The fourth-order valence-electron chi connectivity index (χ4n) is 1.51. The molecule has 0 bridgehead atoms. The van der Waals surface area contributed by atoms with E-state index in [0.29, 0.717) is 12.0 Å². The van der Waals surface area contributed by atoms with Gasteiger partial charge in [-0.15, -0.1) is 11.3 Å². The Bertz CT molecular complexity index is 305. The third-order valence-electron chi connectivity index (χ3n) is 2.60. The number of hydrogen-bond acceptors (Lipinski definition) is 3. The molecule has 16 heavy (non-hydrogen) atoms. The Morgan fingerprint density at radius 1 is 1.50 bits per heavy atom. The van der Waals surface area contributed by atoms with Gasteiger partial charge in [-0.3, -0.25) is 0 Å². The van der Waals surface area contributed by atoms with E-state index in [-0.39, 0.29) is 0 Å². The Morgan fingerprint density at radius 3 is 2.62 bits per heavy atom. The van der Waals surface area contributed by atoms with Gasteiger partial charge < -0.3 is 10.1 Å². The van der Waals surface area contributed by atoms with E-state index in [4.69, 9.17) is 4.74 Å². The minimum atomic E-state index is 0.422. The van der Waals surface area contributed by atoms with Gasteiger partial charge in [0.25, 0.3) is 0 Å². The van der Waals surface area contributed by atoms with Gasteiger partial charge in [0, 0.05) is 24.6 Å². The van der Waals surface area contributed by atoms with E-state index in [9.17, 15) is 0 Å². The minimum absolute atomic E-state index is 0.422. The first kappa shape index (κ1) is 14.2. The van der Waals surface area contributed by atoms with E-state index in [0.717, 1.165) is 13.2 Å². The highest BCUT2D eigenvalue weighted by Gasteiger charge is 2.13. The van der Waals surface area contributed by atoms with Crippen molar-refractivity contribution in [1.29, 1.82) is 0 Å². The summed E-state index contributed by atoms with van der Waals surface area (Å²) in [4.78, 5) is 1.37. The van der Waals surface area contributed by atoms with Gasteiger partial charge in [0.1, 0.15) is 0 Å². The predicted octanol–water partition coefficient (Wildman–Crippen LogP) is 3.58. The summed E-state index contributed by atoms with van der Waals surface area (Å²) in [6.07, 6.45) is 0. The summed E-state index contributed by atoms with van der Waals surface area (Å²) in [7, 11) is 1.75. The second kappa shape index (κ2) is 6.74. The van der Waals surface area contributed by atoms with Crippen molar-refractivity contribution in [3.63, 3.8) is 0 Å². The SMILES string of the molecule is COCC(NCc1cc(C)c(Br)s1)C(C)C. The van der Waals surface area contributed by atoms with Crippen LogP contribution in [0.15, 0.2) is 9.85 Å². The van der Waals surface area contributed by atoms with Crippen molar-refractivity contribution >= 4 is 27.3 Å². The van der Waals surface area contributed by atoms with E-state index >= 15 is 0 Å². The fraction of sp³-hybridized carbons (Fsp3) is 0.667. The summed E-state index contributed by atoms with van der Waals surface area (Å²) in [6.45, 7) is 8.24. The average molecular weight is 306 g/mol. The molecule has 0 saturated carbocycles. The highest BCUT2D eigenvalue weighted by molar-refractivity contribution is 9.11. The Labute approximate surface area is 111 Å². The van der Waals surface area contributed by atoms with Crippen molar-refractivity contribution in [2.24, 2.45) is 5.92 Å². The van der Waals surface area contributed by atoms with Crippen molar-refractivity contribution in [3.8, 4) is 0 Å². The summed E-state index contributed by atoms with van der Waals surface area (Å²) in [5.41, 5.74) is 1.31. The molecule has 2 nitrogen and oxygen atoms in total. The maximum absolute atomic E-state index is 5.21. The van der Waals surface area contributed by atoms with Crippen molar-refractivity contribution in [3.05, 3.63) is 20.3 Å². The fourth-order valence-corrected chi connectivity index (χ4v) is 3.09. The van der Waals surface area contributed by atoms with Crippen LogP contribution < -0.4 is 5.32 Å². The molecule has 1 aromatic heterocycles. The third kappa shape index (κ3) is 4.17. The lowest BCUT2D eigenvalue weighted by Crippen LogP contribution is -2.37. The third-order valence-corrected chi connectivity index (χ3v) is 4.73. The van der Waals surface area contributed by atoms with Crippen LogP contribution in [0.25, 0.3) is 0 Å². The first-order valence-corrected chi connectivity index (χ1v) is 7.12. The first-order valence-electron chi connectivity index (χ1n) is 5.51. The lowest BCUT2D eigenvalue weighted by atomic mass is 10.1. The van der Waals surface area contributed by atoms with Gasteiger partial charge in [-0.1, -0.05) is 13.8 Å². The second-order valence-electron chi connectivity index (χ2n) is 4.36. The predicted molar refractivity (Wildman–Crippen MR) is 74.1 cm³/mol. The molecule has 0 radical (unpaired) electrons. The normalized spacial score (nSPS) is 13.4. The maximum Gasteiger partial charge on any atom is 0.0730 e. The molecule has 0 saturated heterocycles. The maximum atomic E-state index is 5.21. The summed E-state index contributed by atoms with van der Waals surface area (Å²) < 4.78 is 6.45. The molecule has 0 aliphatic carbocycles. The van der Waals surface area contributed by atoms with E-state index in [1.807, 2.05) is 0 Å². The molecular weight excluding hydrogens is 286 g/mol. The molecule has 0 aliphatic heterocycles. The highest BCUT2D eigenvalue weighted by atomic mass is 79.9. The molecule has 1 aromatic rings. The zero-order valence-electron chi connectivity index (χ0n) is 10.3. The van der Waals surface area contributed by atoms with Gasteiger partial charge in [0.15, 0.2) is 0 Å². The van der Waals surface area contributed by atoms with Crippen molar-refractivity contribution < 1.29 is 4.74 Å². The standard InChI is InChI=1S/C12H20BrNOS/c1-8(2)11(7-15-4)14-6-10-5-9(3)12(13)16-10/h5,8,11,14H,6-7H2,1-4H3. The number of ether oxygens (including phenoxy) is 1. The molecule has 1 atom stereocenters. The van der Waals surface area contributed by atoms with Crippen LogP contribution in [0, 0.1) is 12.8 Å². The molecule has 1 heterocycles. The van der Waals surface area contributed by atoms with Crippen LogP contribution in [-0.4, -0.2) is 19.8 Å². The molecule has 0 aliphatic rings. The monoisotopic (exact) mass is 305 g/mol. The molecule has 92 valence electrons. The zero-order chi connectivity index (χ0) is 12.1. The Hall–Kier alpha value is 0.1000. The van der Waals surface area contributed by atoms with E-state index in [1.54, 1.807) is 18.4 Å². The lowest BCUT2D eigenvalue weighted by molar-refractivity contribution is 0.146. The van der Waals surface area contributed by atoms with Crippen molar-refractivity contribution in [1.82, 2.24) is 5.32 Å². The van der Waals surface area contributed by atoms with Crippen LogP contribution in [-0.2, 0) is 11.3 Å². The minimum Gasteiger partial charge on any atom is -0.383 e. The molecule has 1 N–H and O–H groups in total. The van der Waals surface area contributed by atoms with Gasteiger partial charge in [-0.2, -0.15) is 0 Å². The van der Waals surface area contributed by atoms with Crippen LogP contribution >= 0.6 is 27.3 Å². The first-order chi connectivity index (χ1) is 7.54. The number of aryl methyl sites for hydroxylation is 1. The Balaban J connectivity index is 2.48. The summed E-state index contributed by atoms with van der Waals surface area (Å²) in [5.74, 6) is 0.587. The molecule has 0 spiro atoms. The lowest BCUT2D eigenvalue weighted by Gasteiger charge is -2.21. The van der Waals surface area contributed by atoms with Gasteiger partial charge in [-0.25, -0.2) is 0 Å². The molecule has 1 unspecified atom stereocenters. The van der Waals surface area contributed by atoms with Gasteiger partial charge in [-0.05, 0) is 40.4 Å². The van der Waals surface area contributed by atoms with Crippen LogP contribution in [0.3, 0.4) is 0 Å². The van der Waals surface area contributed by atoms with E-state index in [2.05, 4.69) is 48.1 Å². The number of halogens is 1. The quantitative estimate of drug-likeness (QED) is 0.867. The number of rotatable bonds is 6. The zero-order valence-corrected chi connectivity index (χ0v) is 12.7. The van der Waals surface area contributed by atoms with Crippen LogP contribution in [0.1, 0.15) is 24.3 Å². The summed E-state index contributed by atoms with van der Waals surface area (Å²) in [5, 5.41) is 3.54. The number of thiophene rings is 1. The van der Waals surface area contributed by atoms with Gasteiger partial charge in [0.05, 0.1) is 10.4 Å². The molecule has 1 rings (SSSR count). The molecule has 0 aromatic carbocycles. The second-order valence-corrected chi connectivity index (χ2v) is 6.81. The average Bonchev–Trinajstić information content (AvgIpc) is 2.53. The summed E-state index contributed by atoms with van der Waals surface area (Å²) >= 11 is 5.35. The number of hydrogen-bond donors (Lipinski definition) is 1. The molecule has 0 amide bonds. The molecule has 4 heteroatoms. The van der Waals surface area contributed by atoms with Crippen molar-refractivity contribution in [2.45, 2.75) is 33.4 Å². The van der Waals surface area contributed by atoms with E-state index in [1.165, 1.54) is 14.2 Å². The van der Waals surface area contributed by atoms with Crippen LogP contribution in [0.5, 0.6) is 0 Å². The molecular formula is C12H20BrNOS. The topological polar surface area (TPSA) is 21.3 Å². The van der Waals surface area contributed by atoms with Crippen molar-refractivity contribution in [2.75, 3.05) is 13.7 Å². The molecule has 0 fully saturated rings. The van der Waals surface area contributed by atoms with Crippen LogP contribution in [0.4, 0.5) is 0 Å². The number of nitrogens with one attached hydrogen (secondary N) is 1. The number of methoxy groups -OCH3 is 1. The summed E-state index contributed by atoms with van der Waals surface area (Å²) in [6, 6.07) is 2.65. The van der Waals surface area contributed by atoms with Gasteiger partial charge in [0.2, 0.25) is 0 Å². The largest absolute Gasteiger partial charge is 0.383 e.